The Balaban J connectivity index is 2.31. The standard InChI is InChI=1S/C50H83NO8/c1-3-5-7-9-11-13-14-15-16-17-18-19-20-21-22-23-24-25-26-27-28-29-30-32-34-36-38-40-46(54)51-43(44(53)39-37-35-33-31-12-10-8-6-4-2)42-58-50-49(57)48(56)47(55)45(41-52)59-50/h5,7,11,13,15-16,18-19,21-22,24-25,27-28,30,32,43-45,47-50,52-53,55-57H,3-4,6,8-10,12,14,17,20,23,26,29,31,33-42H2,1-2H3,(H,51,54)/b7-5-,13-11-,16-15-,19-18-,22-21-,25-24-,28-27-,32-30-. The van der Waals surface area contributed by atoms with E-state index in [1.807, 2.05) is 0 Å². The lowest BCUT2D eigenvalue weighted by atomic mass is 9.99. The molecular formula is C50H83NO8. The first-order valence-electron chi connectivity index (χ1n) is 22.9. The molecule has 59 heavy (non-hydrogen) atoms. The Morgan fingerprint density at radius 2 is 1.05 bits per heavy atom. The summed E-state index contributed by atoms with van der Waals surface area (Å²) in [7, 11) is 0. The number of hydrogen-bond donors (Lipinski definition) is 6. The van der Waals surface area contributed by atoms with Gasteiger partial charge >= 0.3 is 0 Å². The van der Waals surface area contributed by atoms with Gasteiger partial charge in [0.05, 0.1) is 25.4 Å². The summed E-state index contributed by atoms with van der Waals surface area (Å²) in [5.41, 5.74) is 0. The first-order valence-corrected chi connectivity index (χ1v) is 22.9. The predicted octanol–water partition coefficient (Wildman–Crippen LogP) is 9.72. The normalized spacial score (nSPS) is 21.6. The molecule has 9 heteroatoms. The smallest absolute Gasteiger partial charge is 0.220 e. The molecule has 0 aromatic heterocycles. The van der Waals surface area contributed by atoms with Crippen molar-refractivity contribution >= 4 is 5.91 Å². The highest BCUT2D eigenvalue weighted by Gasteiger charge is 2.44. The maximum absolute atomic E-state index is 12.9. The molecule has 1 saturated heterocycles. The highest BCUT2D eigenvalue weighted by Crippen LogP contribution is 2.23. The fourth-order valence-electron chi connectivity index (χ4n) is 6.53. The molecule has 1 rings (SSSR count). The minimum atomic E-state index is -1.57. The number of aliphatic hydroxyl groups is 5. The van der Waals surface area contributed by atoms with Crippen LogP contribution in [0, 0.1) is 0 Å². The second kappa shape index (κ2) is 39.3. The third-order valence-electron chi connectivity index (χ3n) is 10.2. The molecular weight excluding hydrogens is 743 g/mol. The van der Waals surface area contributed by atoms with Gasteiger partial charge in [0, 0.05) is 6.42 Å². The van der Waals surface area contributed by atoms with Crippen molar-refractivity contribution in [1.29, 1.82) is 0 Å². The minimum absolute atomic E-state index is 0.163. The van der Waals surface area contributed by atoms with Crippen LogP contribution in [0.15, 0.2) is 97.2 Å². The van der Waals surface area contributed by atoms with Crippen molar-refractivity contribution in [2.75, 3.05) is 13.2 Å². The van der Waals surface area contributed by atoms with E-state index < -0.39 is 49.5 Å². The topological polar surface area (TPSA) is 149 Å². The Labute approximate surface area is 358 Å². The van der Waals surface area contributed by atoms with Crippen LogP contribution in [0.5, 0.6) is 0 Å². The number of allylic oxidation sites excluding steroid dienone is 16. The highest BCUT2D eigenvalue weighted by atomic mass is 16.7. The Morgan fingerprint density at radius 1 is 0.593 bits per heavy atom. The predicted molar refractivity (Wildman–Crippen MR) is 244 cm³/mol. The fraction of sp³-hybridized carbons (Fsp3) is 0.660. The Bertz CT molecular complexity index is 1240. The number of amides is 1. The molecule has 0 spiro atoms. The number of ether oxygens (including phenoxy) is 2. The molecule has 0 aromatic carbocycles. The van der Waals surface area contributed by atoms with Gasteiger partial charge < -0.3 is 40.3 Å². The quantitative estimate of drug-likeness (QED) is 0.0270. The molecule has 0 saturated carbocycles. The summed E-state index contributed by atoms with van der Waals surface area (Å²) in [4.78, 5) is 12.9. The van der Waals surface area contributed by atoms with E-state index in [0.717, 1.165) is 83.5 Å². The van der Waals surface area contributed by atoms with Gasteiger partial charge in [-0.25, -0.2) is 0 Å². The number of nitrogens with one attached hydrogen (secondary N) is 1. The van der Waals surface area contributed by atoms with E-state index in [-0.39, 0.29) is 12.5 Å². The van der Waals surface area contributed by atoms with Crippen LogP contribution in [0.2, 0.25) is 0 Å². The van der Waals surface area contributed by atoms with E-state index in [4.69, 9.17) is 9.47 Å². The van der Waals surface area contributed by atoms with E-state index in [9.17, 15) is 30.3 Å². The number of rotatable bonds is 36. The van der Waals surface area contributed by atoms with Crippen molar-refractivity contribution in [3.63, 3.8) is 0 Å². The number of aliphatic hydroxyl groups excluding tert-OH is 5. The van der Waals surface area contributed by atoms with Crippen LogP contribution in [0.3, 0.4) is 0 Å². The fourth-order valence-corrected chi connectivity index (χ4v) is 6.53. The van der Waals surface area contributed by atoms with Crippen molar-refractivity contribution in [1.82, 2.24) is 5.32 Å². The van der Waals surface area contributed by atoms with Gasteiger partial charge in [-0.15, -0.1) is 0 Å². The summed E-state index contributed by atoms with van der Waals surface area (Å²) >= 11 is 0. The molecule has 7 unspecified atom stereocenters. The lowest BCUT2D eigenvalue weighted by Crippen LogP contribution is -2.60. The SMILES string of the molecule is CC/C=C\C/C=C\C/C=C\C/C=C\C/C=C\C/C=C\C/C=C\C/C=C\CCCCC(=O)NC(COC1OC(CO)C(O)C(O)C1O)C(O)CCCCCCCCCCC. The van der Waals surface area contributed by atoms with Gasteiger partial charge in [0.2, 0.25) is 5.91 Å². The first-order chi connectivity index (χ1) is 28.8. The van der Waals surface area contributed by atoms with Gasteiger partial charge in [-0.1, -0.05) is 169 Å². The summed E-state index contributed by atoms with van der Waals surface area (Å²) in [6.45, 7) is 3.64. The summed E-state index contributed by atoms with van der Waals surface area (Å²) in [5.74, 6) is -0.195. The summed E-state index contributed by atoms with van der Waals surface area (Å²) in [6, 6.07) is -0.747. The molecule has 0 bridgehead atoms. The molecule has 1 amide bonds. The lowest BCUT2D eigenvalue weighted by Gasteiger charge is -2.40. The van der Waals surface area contributed by atoms with Crippen LogP contribution in [-0.4, -0.2) is 87.5 Å². The monoisotopic (exact) mass is 826 g/mol. The van der Waals surface area contributed by atoms with Crippen molar-refractivity contribution < 1.29 is 39.8 Å². The zero-order chi connectivity index (χ0) is 43.0. The van der Waals surface area contributed by atoms with Crippen LogP contribution in [-0.2, 0) is 14.3 Å². The number of carbonyl (C=O) groups is 1. The molecule has 0 radical (unpaired) electrons. The molecule has 6 N–H and O–H groups in total. The number of hydrogen-bond acceptors (Lipinski definition) is 8. The molecule has 1 fully saturated rings. The zero-order valence-electron chi connectivity index (χ0n) is 36.7. The molecule has 1 heterocycles. The van der Waals surface area contributed by atoms with E-state index in [1.54, 1.807) is 0 Å². The Hall–Kier alpha value is -2.89. The molecule has 1 aliphatic heterocycles. The Morgan fingerprint density at radius 3 is 1.53 bits per heavy atom. The van der Waals surface area contributed by atoms with Gasteiger partial charge in [-0.3, -0.25) is 4.79 Å². The van der Waals surface area contributed by atoms with Crippen molar-refractivity contribution in [2.24, 2.45) is 0 Å². The first kappa shape index (κ1) is 54.1. The molecule has 1 aliphatic rings. The van der Waals surface area contributed by atoms with Crippen LogP contribution in [0.4, 0.5) is 0 Å². The lowest BCUT2D eigenvalue weighted by molar-refractivity contribution is -0.302. The molecule has 0 aliphatic carbocycles. The maximum Gasteiger partial charge on any atom is 0.220 e. The maximum atomic E-state index is 12.9. The zero-order valence-corrected chi connectivity index (χ0v) is 36.7. The van der Waals surface area contributed by atoms with Gasteiger partial charge in [-0.05, 0) is 77.0 Å². The number of carbonyl (C=O) groups excluding carboxylic acids is 1. The van der Waals surface area contributed by atoms with E-state index in [0.29, 0.717) is 19.3 Å². The second-order valence-corrected chi connectivity index (χ2v) is 15.5. The van der Waals surface area contributed by atoms with E-state index in [1.165, 1.54) is 38.5 Å². The average molecular weight is 826 g/mol. The third kappa shape index (κ3) is 29.9. The summed E-state index contributed by atoms with van der Waals surface area (Å²) in [5, 5.41) is 54.1. The van der Waals surface area contributed by atoms with Crippen molar-refractivity contribution in [3.05, 3.63) is 97.2 Å². The minimum Gasteiger partial charge on any atom is -0.394 e. The van der Waals surface area contributed by atoms with Crippen LogP contribution >= 0.6 is 0 Å². The van der Waals surface area contributed by atoms with Gasteiger partial charge in [-0.2, -0.15) is 0 Å². The average Bonchev–Trinajstić information content (AvgIpc) is 3.23. The van der Waals surface area contributed by atoms with E-state index in [2.05, 4.69) is 116 Å². The van der Waals surface area contributed by atoms with Crippen molar-refractivity contribution in [3.8, 4) is 0 Å². The largest absolute Gasteiger partial charge is 0.394 e. The molecule has 336 valence electrons. The molecule has 0 aromatic rings. The second-order valence-electron chi connectivity index (χ2n) is 15.5. The van der Waals surface area contributed by atoms with E-state index >= 15 is 0 Å². The molecule has 7 atom stereocenters. The van der Waals surface area contributed by atoms with Crippen LogP contribution in [0.25, 0.3) is 0 Å². The van der Waals surface area contributed by atoms with Gasteiger partial charge in [0.15, 0.2) is 6.29 Å². The molecule has 9 nitrogen and oxygen atoms in total. The third-order valence-corrected chi connectivity index (χ3v) is 10.2. The van der Waals surface area contributed by atoms with Gasteiger partial charge in [0.1, 0.15) is 24.4 Å². The summed E-state index contributed by atoms with van der Waals surface area (Å²) < 4.78 is 11.2. The highest BCUT2D eigenvalue weighted by molar-refractivity contribution is 5.76. The van der Waals surface area contributed by atoms with Gasteiger partial charge in [0.25, 0.3) is 0 Å². The van der Waals surface area contributed by atoms with Crippen molar-refractivity contribution in [2.45, 2.75) is 198 Å². The van der Waals surface area contributed by atoms with Crippen LogP contribution < -0.4 is 5.32 Å². The number of unbranched alkanes of at least 4 members (excludes halogenated alkanes) is 10. The van der Waals surface area contributed by atoms with Crippen LogP contribution in [0.1, 0.15) is 155 Å². The summed E-state index contributed by atoms with van der Waals surface area (Å²) in [6.07, 6.45) is 48.6. The Kier molecular flexibility index (Phi) is 36.0.